The minimum atomic E-state index is -0.460. The number of carbonyl (C=O) groups excluding carboxylic acids is 1. The van der Waals surface area contributed by atoms with Crippen LogP contribution in [-0.2, 0) is 9.47 Å². The Hall–Kier alpha value is -1.34. The molecule has 1 aromatic heterocycles. The number of ether oxygens (including phenoxy) is 2. The predicted octanol–water partition coefficient (Wildman–Crippen LogP) is 1.74. The Morgan fingerprint density at radius 3 is 3.05 bits per heavy atom. The van der Waals surface area contributed by atoms with E-state index in [9.17, 15) is 4.79 Å². The molecule has 0 radical (unpaired) electrons. The lowest BCUT2D eigenvalue weighted by atomic mass is 10.3. The summed E-state index contributed by atoms with van der Waals surface area (Å²) in [6.07, 6.45) is 3.49. The van der Waals surface area contributed by atoms with Gasteiger partial charge in [0.2, 0.25) is 0 Å². The van der Waals surface area contributed by atoms with Gasteiger partial charge in [-0.25, -0.2) is 4.79 Å². The summed E-state index contributed by atoms with van der Waals surface area (Å²) in [5.74, 6) is 0.545. The van der Waals surface area contributed by atoms with Gasteiger partial charge in [-0.3, -0.25) is 0 Å². The normalized spacial score (nSPS) is 14.4. The molecule has 106 valence electrons. The third-order valence-corrected chi connectivity index (χ3v) is 3.73. The van der Waals surface area contributed by atoms with Crippen molar-refractivity contribution in [1.82, 2.24) is 4.37 Å². The molecule has 0 saturated heterocycles. The quantitative estimate of drug-likeness (QED) is 0.559. The number of methoxy groups -OCH3 is 1. The molecule has 0 atom stereocenters. The average Bonchev–Trinajstić information content (AvgIpc) is 3.16. The fraction of sp³-hybridized carbons (Fsp3) is 0.667. The van der Waals surface area contributed by atoms with E-state index in [1.807, 2.05) is 0 Å². The van der Waals surface area contributed by atoms with Gasteiger partial charge < -0.3 is 20.5 Å². The molecule has 0 spiro atoms. The van der Waals surface area contributed by atoms with E-state index in [2.05, 4.69) is 14.4 Å². The van der Waals surface area contributed by atoms with E-state index in [0.717, 1.165) is 32.1 Å². The maximum atomic E-state index is 11.5. The Morgan fingerprint density at radius 1 is 1.58 bits per heavy atom. The maximum absolute atomic E-state index is 11.5. The van der Waals surface area contributed by atoms with Crippen LogP contribution in [0.3, 0.4) is 0 Å². The van der Waals surface area contributed by atoms with Crippen LogP contribution in [0.2, 0.25) is 0 Å². The Balaban J connectivity index is 1.71. The van der Waals surface area contributed by atoms with Gasteiger partial charge >= 0.3 is 5.97 Å². The van der Waals surface area contributed by atoms with Crippen LogP contribution in [0.5, 0.6) is 0 Å². The number of nitrogens with two attached hydrogens (primary N) is 1. The first-order valence-electron chi connectivity index (χ1n) is 6.37. The summed E-state index contributed by atoms with van der Waals surface area (Å²) in [7, 11) is 1.33. The van der Waals surface area contributed by atoms with Crippen molar-refractivity contribution in [3.05, 3.63) is 5.56 Å². The number of nitrogens with zero attached hydrogens (tertiary/aromatic N) is 1. The second kappa shape index (κ2) is 6.72. The number of nitrogens with one attached hydrogen (secondary N) is 1. The number of esters is 1. The van der Waals surface area contributed by atoms with Crippen LogP contribution >= 0.6 is 11.5 Å². The van der Waals surface area contributed by atoms with Crippen LogP contribution in [0, 0.1) is 5.92 Å². The molecular weight excluding hydrogens is 266 g/mol. The first-order valence-corrected chi connectivity index (χ1v) is 7.14. The molecule has 0 unspecified atom stereocenters. The van der Waals surface area contributed by atoms with Crippen molar-refractivity contribution in [2.45, 2.75) is 19.3 Å². The maximum Gasteiger partial charge on any atom is 0.344 e. The van der Waals surface area contributed by atoms with Crippen LogP contribution in [0.15, 0.2) is 0 Å². The fourth-order valence-corrected chi connectivity index (χ4v) is 2.36. The van der Waals surface area contributed by atoms with Gasteiger partial charge in [0, 0.05) is 19.8 Å². The summed E-state index contributed by atoms with van der Waals surface area (Å²) in [5.41, 5.74) is 5.97. The Kier molecular flexibility index (Phi) is 4.98. The third-order valence-electron chi connectivity index (χ3n) is 2.91. The van der Waals surface area contributed by atoms with Crippen molar-refractivity contribution in [1.29, 1.82) is 0 Å². The van der Waals surface area contributed by atoms with Crippen LogP contribution < -0.4 is 11.1 Å². The lowest BCUT2D eigenvalue weighted by Gasteiger charge is -2.06. The molecule has 19 heavy (non-hydrogen) atoms. The molecule has 0 amide bonds. The lowest BCUT2D eigenvalue weighted by molar-refractivity contribution is 0.0603. The highest BCUT2D eigenvalue weighted by atomic mass is 32.1. The van der Waals surface area contributed by atoms with Crippen molar-refractivity contribution in [3.63, 3.8) is 0 Å². The van der Waals surface area contributed by atoms with Crippen molar-refractivity contribution >= 4 is 28.3 Å². The topological polar surface area (TPSA) is 86.5 Å². The van der Waals surface area contributed by atoms with E-state index < -0.39 is 5.97 Å². The zero-order valence-electron chi connectivity index (χ0n) is 11.0. The van der Waals surface area contributed by atoms with E-state index in [-0.39, 0.29) is 5.82 Å². The van der Waals surface area contributed by atoms with E-state index in [4.69, 9.17) is 10.5 Å². The highest BCUT2D eigenvalue weighted by Gasteiger charge is 2.21. The minimum Gasteiger partial charge on any atom is -0.465 e. The smallest absolute Gasteiger partial charge is 0.344 e. The number of aromatic nitrogens is 1. The SMILES string of the molecule is COC(=O)c1c(N)nsc1NCCCOCC1CC1. The van der Waals surface area contributed by atoms with Gasteiger partial charge in [-0.05, 0) is 36.7 Å². The van der Waals surface area contributed by atoms with Gasteiger partial charge in [-0.1, -0.05) is 0 Å². The molecule has 1 aliphatic carbocycles. The second-order valence-corrected chi connectivity index (χ2v) is 5.34. The van der Waals surface area contributed by atoms with Gasteiger partial charge in [0.25, 0.3) is 0 Å². The highest BCUT2D eigenvalue weighted by Crippen LogP contribution is 2.29. The number of hydrogen-bond donors (Lipinski definition) is 2. The largest absolute Gasteiger partial charge is 0.465 e. The Morgan fingerprint density at radius 2 is 2.37 bits per heavy atom. The molecule has 7 heteroatoms. The van der Waals surface area contributed by atoms with E-state index in [1.54, 1.807) is 0 Å². The van der Waals surface area contributed by atoms with Gasteiger partial charge in [-0.2, -0.15) is 4.37 Å². The number of nitrogen functional groups attached to an aromatic ring is 1. The van der Waals surface area contributed by atoms with Crippen LogP contribution in [0.4, 0.5) is 10.8 Å². The molecule has 1 heterocycles. The van der Waals surface area contributed by atoms with Gasteiger partial charge in [-0.15, -0.1) is 0 Å². The van der Waals surface area contributed by atoms with Crippen molar-refractivity contribution < 1.29 is 14.3 Å². The summed E-state index contributed by atoms with van der Waals surface area (Å²) in [5, 5.41) is 3.81. The van der Waals surface area contributed by atoms with Gasteiger partial charge in [0.1, 0.15) is 10.6 Å². The number of carbonyl (C=O) groups is 1. The minimum absolute atomic E-state index is 0.212. The second-order valence-electron chi connectivity index (χ2n) is 4.56. The van der Waals surface area contributed by atoms with E-state index >= 15 is 0 Å². The van der Waals surface area contributed by atoms with Crippen molar-refractivity contribution in [3.8, 4) is 0 Å². The first kappa shape index (κ1) is 14.1. The number of hydrogen-bond acceptors (Lipinski definition) is 7. The number of rotatable bonds is 8. The highest BCUT2D eigenvalue weighted by molar-refractivity contribution is 7.11. The molecule has 2 rings (SSSR count). The number of anilines is 2. The fourth-order valence-electron chi connectivity index (χ4n) is 1.63. The molecule has 0 aromatic carbocycles. The van der Waals surface area contributed by atoms with Crippen LogP contribution in [0.1, 0.15) is 29.6 Å². The Bertz CT molecular complexity index is 432. The molecule has 3 N–H and O–H groups in total. The lowest BCUT2D eigenvalue weighted by Crippen LogP contribution is -2.10. The molecule has 0 bridgehead atoms. The zero-order chi connectivity index (χ0) is 13.7. The van der Waals surface area contributed by atoms with Crippen molar-refractivity contribution in [2.24, 2.45) is 5.92 Å². The average molecular weight is 285 g/mol. The molecule has 6 nitrogen and oxygen atoms in total. The summed E-state index contributed by atoms with van der Waals surface area (Å²) < 4.78 is 14.2. The molecule has 0 aliphatic heterocycles. The molecule has 1 saturated carbocycles. The van der Waals surface area contributed by atoms with Gasteiger partial charge in [0.15, 0.2) is 5.82 Å². The first-order chi connectivity index (χ1) is 9.22. The standard InChI is InChI=1S/C12H19N3O3S/c1-17-12(16)9-10(13)15-19-11(9)14-5-2-6-18-7-8-3-4-8/h8,14H,2-7H2,1H3,(H2,13,15). The summed E-state index contributed by atoms with van der Waals surface area (Å²) in [6, 6.07) is 0. The van der Waals surface area contributed by atoms with E-state index in [1.165, 1.54) is 31.5 Å². The third kappa shape index (κ3) is 4.07. The van der Waals surface area contributed by atoms with Crippen LogP contribution in [0.25, 0.3) is 0 Å². The Labute approximate surface area is 116 Å². The summed E-state index contributed by atoms with van der Waals surface area (Å²) in [4.78, 5) is 11.5. The van der Waals surface area contributed by atoms with Gasteiger partial charge in [0.05, 0.1) is 7.11 Å². The van der Waals surface area contributed by atoms with Crippen molar-refractivity contribution in [2.75, 3.05) is 37.9 Å². The van der Waals surface area contributed by atoms with E-state index in [0.29, 0.717) is 10.6 Å². The summed E-state index contributed by atoms with van der Waals surface area (Å²) in [6.45, 7) is 2.32. The molecule has 1 fully saturated rings. The van der Waals surface area contributed by atoms with Crippen LogP contribution in [-0.4, -0.2) is 37.2 Å². The predicted molar refractivity (Wildman–Crippen MR) is 74.5 cm³/mol. The monoisotopic (exact) mass is 285 g/mol. The zero-order valence-corrected chi connectivity index (χ0v) is 11.8. The molecule has 1 aromatic rings. The summed E-state index contributed by atoms with van der Waals surface area (Å²) >= 11 is 1.17. The molecular formula is C12H19N3O3S. The molecule has 1 aliphatic rings.